The Morgan fingerprint density at radius 3 is 2.73 bits per heavy atom. The van der Waals surface area contributed by atoms with E-state index in [9.17, 15) is 9.18 Å². The van der Waals surface area contributed by atoms with E-state index in [1.807, 2.05) is 0 Å². The monoisotopic (exact) mass is 204 g/mol. The minimum atomic E-state index is -0.325. The molecule has 0 spiro atoms. The summed E-state index contributed by atoms with van der Waals surface area (Å²) in [5.41, 5.74) is 1.13. The number of carbonyl (C=O) groups excluding carboxylic acids is 1. The van der Waals surface area contributed by atoms with Gasteiger partial charge < -0.3 is 4.42 Å². The summed E-state index contributed by atoms with van der Waals surface area (Å²) in [4.78, 5) is 10.6. The van der Waals surface area contributed by atoms with Gasteiger partial charge in [-0.1, -0.05) is 12.1 Å². The molecular weight excluding hydrogens is 195 g/mol. The number of hydrogen-bond acceptors (Lipinski definition) is 2. The maximum absolute atomic E-state index is 12.9. The Bertz CT molecular complexity index is 500. The van der Waals surface area contributed by atoms with Gasteiger partial charge in [-0.05, 0) is 25.1 Å². The van der Waals surface area contributed by atoms with Crippen molar-refractivity contribution in [1.82, 2.24) is 0 Å². The smallest absolute Gasteiger partial charge is 0.153 e. The van der Waals surface area contributed by atoms with E-state index in [4.69, 9.17) is 4.42 Å². The van der Waals surface area contributed by atoms with Gasteiger partial charge in [-0.25, -0.2) is 4.39 Å². The molecule has 0 N–H and O–H groups in total. The van der Waals surface area contributed by atoms with E-state index in [2.05, 4.69) is 0 Å². The summed E-state index contributed by atoms with van der Waals surface area (Å²) in [6, 6.07) is 7.67. The van der Waals surface area contributed by atoms with Gasteiger partial charge >= 0.3 is 0 Å². The topological polar surface area (TPSA) is 30.2 Å². The third-order valence-corrected chi connectivity index (χ3v) is 2.19. The molecule has 0 atom stereocenters. The van der Waals surface area contributed by atoms with Gasteiger partial charge in [0.25, 0.3) is 0 Å². The van der Waals surface area contributed by atoms with Gasteiger partial charge in [-0.2, -0.15) is 0 Å². The van der Waals surface area contributed by atoms with Crippen LogP contribution < -0.4 is 0 Å². The molecule has 1 aromatic carbocycles. The molecule has 3 heteroatoms. The van der Waals surface area contributed by atoms with Gasteiger partial charge in [0, 0.05) is 5.56 Å². The van der Waals surface area contributed by atoms with Crippen molar-refractivity contribution in [3.05, 3.63) is 47.5 Å². The summed E-state index contributed by atoms with van der Waals surface area (Å²) in [6.45, 7) is 1.70. The summed E-state index contributed by atoms with van der Waals surface area (Å²) in [7, 11) is 0. The second-order valence-corrected chi connectivity index (χ2v) is 3.25. The Morgan fingerprint density at radius 2 is 2.13 bits per heavy atom. The van der Waals surface area contributed by atoms with Gasteiger partial charge in [0.1, 0.15) is 17.3 Å². The Kier molecular flexibility index (Phi) is 2.37. The second kappa shape index (κ2) is 3.69. The lowest BCUT2D eigenvalue weighted by molar-refractivity contribution is 0.112. The van der Waals surface area contributed by atoms with Gasteiger partial charge in [0.15, 0.2) is 6.29 Å². The van der Waals surface area contributed by atoms with Crippen LogP contribution in [0.3, 0.4) is 0 Å². The van der Waals surface area contributed by atoms with Crippen molar-refractivity contribution in [2.75, 3.05) is 0 Å². The highest BCUT2D eigenvalue weighted by molar-refractivity contribution is 5.79. The number of aldehydes is 1. The first-order chi connectivity index (χ1) is 7.20. The second-order valence-electron chi connectivity index (χ2n) is 3.25. The van der Waals surface area contributed by atoms with E-state index in [-0.39, 0.29) is 5.82 Å². The van der Waals surface area contributed by atoms with Gasteiger partial charge in [-0.3, -0.25) is 4.79 Å². The van der Waals surface area contributed by atoms with Crippen LogP contribution in [0, 0.1) is 12.7 Å². The number of carbonyl (C=O) groups is 1. The van der Waals surface area contributed by atoms with E-state index in [0.717, 1.165) is 6.29 Å². The van der Waals surface area contributed by atoms with E-state index in [1.165, 1.54) is 12.1 Å². The van der Waals surface area contributed by atoms with E-state index in [0.29, 0.717) is 22.6 Å². The van der Waals surface area contributed by atoms with Crippen LogP contribution >= 0.6 is 0 Å². The molecule has 0 bridgehead atoms. The summed E-state index contributed by atoms with van der Waals surface area (Å²) in [5, 5.41) is 0. The van der Waals surface area contributed by atoms with Gasteiger partial charge in [0.05, 0.1) is 5.56 Å². The third kappa shape index (κ3) is 1.81. The molecule has 15 heavy (non-hydrogen) atoms. The molecule has 1 heterocycles. The fraction of sp³-hybridized carbons (Fsp3) is 0.0833. The predicted octanol–water partition coefficient (Wildman–Crippen LogP) is 3.21. The lowest BCUT2D eigenvalue weighted by Crippen LogP contribution is -1.76. The summed E-state index contributed by atoms with van der Waals surface area (Å²) >= 11 is 0. The molecule has 76 valence electrons. The summed E-state index contributed by atoms with van der Waals surface area (Å²) < 4.78 is 18.3. The van der Waals surface area contributed by atoms with Gasteiger partial charge in [-0.15, -0.1) is 0 Å². The lowest BCUT2D eigenvalue weighted by atomic mass is 10.1. The van der Waals surface area contributed by atoms with Crippen LogP contribution in [-0.4, -0.2) is 6.29 Å². The number of hydrogen-bond donors (Lipinski definition) is 0. The van der Waals surface area contributed by atoms with Crippen LogP contribution in [0.25, 0.3) is 11.3 Å². The molecule has 2 nitrogen and oxygen atoms in total. The molecule has 0 fully saturated rings. The van der Waals surface area contributed by atoms with Crippen molar-refractivity contribution >= 4 is 6.29 Å². The van der Waals surface area contributed by atoms with Crippen molar-refractivity contribution in [2.45, 2.75) is 6.92 Å². The Hall–Kier alpha value is -1.90. The highest BCUT2D eigenvalue weighted by Crippen LogP contribution is 2.24. The van der Waals surface area contributed by atoms with Crippen LogP contribution in [0.4, 0.5) is 4.39 Å². The van der Waals surface area contributed by atoms with Crippen molar-refractivity contribution < 1.29 is 13.6 Å². The highest BCUT2D eigenvalue weighted by atomic mass is 19.1. The number of aryl methyl sites for hydroxylation is 1. The van der Waals surface area contributed by atoms with Crippen molar-refractivity contribution in [3.8, 4) is 11.3 Å². The Labute approximate surface area is 86.3 Å². The molecule has 0 saturated carbocycles. The largest absolute Gasteiger partial charge is 0.461 e. The fourth-order valence-corrected chi connectivity index (χ4v) is 1.40. The molecule has 0 unspecified atom stereocenters. The third-order valence-electron chi connectivity index (χ3n) is 2.19. The van der Waals surface area contributed by atoms with Crippen LogP contribution in [-0.2, 0) is 0 Å². The van der Waals surface area contributed by atoms with Crippen molar-refractivity contribution in [2.24, 2.45) is 0 Å². The number of halogens is 1. The standard InChI is InChI=1S/C12H9FO2/c1-8-10(7-14)6-12(15-8)9-3-2-4-11(13)5-9/h2-7H,1H3. The van der Waals surface area contributed by atoms with Gasteiger partial charge in [0.2, 0.25) is 0 Å². The average molecular weight is 204 g/mol. The molecule has 0 aliphatic carbocycles. The summed E-state index contributed by atoms with van der Waals surface area (Å²) in [6.07, 6.45) is 0.724. The Balaban J connectivity index is 2.49. The fourth-order valence-electron chi connectivity index (χ4n) is 1.40. The first-order valence-electron chi connectivity index (χ1n) is 4.52. The first kappa shape index (κ1) is 9.65. The molecular formula is C12H9FO2. The van der Waals surface area contributed by atoms with E-state index < -0.39 is 0 Å². The first-order valence-corrected chi connectivity index (χ1v) is 4.52. The number of furan rings is 1. The van der Waals surface area contributed by atoms with E-state index in [1.54, 1.807) is 25.1 Å². The molecule has 0 saturated heterocycles. The molecule has 0 aliphatic rings. The van der Waals surface area contributed by atoms with Crippen LogP contribution in [0.5, 0.6) is 0 Å². The van der Waals surface area contributed by atoms with E-state index >= 15 is 0 Å². The normalized spacial score (nSPS) is 10.3. The number of rotatable bonds is 2. The maximum Gasteiger partial charge on any atom is 0.153 e. The molecule has 0 radical (unpaired) electrons. The number of benzene rings is 1. The maximum atomic E-state index is 12.9. The molecule has 1 aromatic heterocycles. The van der Waals surface area contributed by atoms with Crippen LogP contribution in [0.2, 0.25) is 0 Å². The zero-order valence-electron chi connectivity index (χ0n) is 8.16. The molecule has 2 rings (SSSR count). The highest BCUT2D eigenvalue weighted by Gasteiger charge is 2.08. The summed E-state index contributed by atoms with van der Waals surface area (Å²) in [5.74, 6) is 0.729. The lowest BCUT2D eigenvalue weighted by Gasteiger charge is -1.95. The van der Waals surface area contributed by atoms with Crippen LogP contribution in [0.15, 0.2) is 34.7 Å². The van der Waals surface area contributed by atoms with Crippen LogP contribution in [0.1, 0.15) is 16.1 Å². The zero-order chi connectivity index (χ0) is 10.8. The molecule has 0 amide bonds. The Morgan fingerprint density at radius 1 is 1.33 bits per heavy atom. The molecule has 0 aliphatic heterocycles. The zero-order valence-corrected chi connectivity index (χ0v) is 8.16. The average Bonchev–Trinajstić information content (AvgIpc) is 2.60. The minimum Gasteiger partial charge on any atom is -0.461 e. The van der Waals surface area contributed by atoms with Crippen molar-refractivity contribution in [1.29, 1.82) is 0 Å². The van der Waals surface area contributed by atoms with Crippen molar-refractivity contribution in [3.63, 3.8) is 0 Å². The predicted molar refractivity (Wildman–Crippen MR) is 54.2 cm³/mol. The minimum absolute atomic E-state index is 0.325. The SMILES string of the molecule is Cc1oc(-c2cccc(F)c2)cc1C=O. The quantitative estimate of drug-likeness (QED) is 0.703. The molecule has 2 aromatic rings.